The summed E-state index contributed by atoms with van der Waals surface area (Å²) in [5.74, 6) is 0.597. The maximum absolute atomic E-state index is 12.1. The van der Waals surface area contributed by atoms with Crippen LogP contribution in [0.5, 0.6) is 5.75 Å². The van der Waals surface area contributed by atoms with Crippen molar-refractivity contribution in [1.82, 2.24) is 5.43 Å². The molecule has 0 unspecified atom stereocenters. The average molecular weight is 387 g/mol. The number of nitrogens with zero attached hydrogens (tertiary/aromatic N) is 1. The molecular formula is C24H25N3O2. The Balaban J connectivity index is 1.51. The van der Waals surface area contributed by atoms with Crippen LogP contribution in [0.15, 0.2) is 84.0 Å². The topological polar surface area (TPSA) is 62.7 Å². The molecule has 3 aromatic carbocycles. The van der Waals surface area contributed by atoms with E-state index in [2.05, 4.69) is 40.1 Å². The van der Waals surface area contributed by atoms with Gasteiger partial charge in [0.25, 0.3) is 5.91 Å². The number of hydrazone groups is 1. The van der Waals surface area contributed by atoms with Crippen LogP contribution < -0.4 is 15.5 Å². The summed E-state index contributed by atoms with van der Waals surface area (Å²) in [4.78, 5) is 12.1. The third-order valence-corrected chi connectivity index (χ3v) is 4.38. The summed E-state index contributed by atoms with van der Waals surface area (Å²) in [6, 6.07) is 25.8. The summed E-state index contributed by atoms with van der Waals surface area (Å²) in [5.41, 5.74) is 7.46. The van der Waals surface area contributed by atoms with Crippen LogP contribution in [0.4, 0.5) is 5.69 Å². The van der Waals surface area contributed by atoms with Gasteiger partial charge in [-0.2, -0.15) is 5.10 Å². The SMILES string of the molecule is CCOc1ccc(NCC(=O)N/N=C(\C)c2ccc(-c3ccccc3)cc2)cc1. The van der Waals surface area contributed by atoms with Crippen LogP contribution in [0.1, 0.15) is 19.4 Å². The molecule has 0 bridgehead atoms. The molecule has 3 rings (SSSR count). The molecule has 0 fully saturated rings. The zero-order valence-electron chi connectivity index (χ0n) is 16.7. The third-order valence-electron chi connectivity index (χ3n) is 4.38. The smallest absolute Gasteiger partial charge is 0.259 e. The normalized spacial score (nSPS) is 11.0. The summed E-state index contributed by atoms with van der Waals surface area (Å²) in [5, 5.41) is 7.27. The lowest BCUT2D eigenvalue weighted by Gasteiger charge is -2.08. The number of ether oxygens (including phenoxy) is 1. The molecule has 0 atom stereocenters. The van der Waals surface area contributed by atoms with Gasteiger partial charge in [-0.1, -0.05) is 54.6 Å². The highest BCUT2D eigenvalue weighted by atomic mass is 16.5. The molecule has 0 radical (unpaired) electrons. The van der Waals surface area contributed by atoms with Gasteiger partial charge in [0, 0.05) is 5.69 Å². The molecule has 148 valence electrons. The van der Waals surface area contributed by atoms with Crippen molar-refractivity contribution in [2.75, 3.05) is 18.5 Å². The van der Waals surface area contributed by atoms with Gasteiger partial charge >= 0.3 is 0 Å². The van der Waals surface area contributed by atoms with E-state index in [-0.39, 0.29) is 12.5 Å². The molecule has 0 aliphatic carbocycles. The summed E-state index contributed by atoms with van der Waals surface area (Å²) in [6.45, 7) is 4.58. The Kier molecular flexibility index (Phi) is 7.00. The summed E-state index contributed by atoms with van der Waals surface area (Å²) < 4.78 is 5.40. The Hall–Kier alpha value is -3.60. The maximum Gasteiger partial charge on any atom is 0.259 e. The molecule has 29 heavy (non-hydrogen) atoms. The quantitative estimate of drug-likeness (QED) is 0.435. The van der Waals surface area contributed by atoms with Gasteiger partial charge < -0.3 is 10.1 Å². The van der Waals surface area contributed by atoms with Crippen molar-refractivity contribution in [2.24, 2.45) is 5.10 Å². The highest BCUT2D eigenvalue weighted by molar-refractivity contribution is 5.99. The fraction of sp³-hybridized carbons (Fsp3) is 0.167. The number of rotatable bonds is 8. The van der Waals surface area contributed by atoms with E-state index in [9.17, 15) is 4.79 Å². The van der Waals surface area contributed by atoms with Crippen LogP contribution in [0.3, 0.4) is 0 Å². The molecule has 1 amide bonds. The second-order valence-electron chi connectivity index (χ2n) is 6.49. The van der Waals surface area contributed by atoms with Crippen LogP contribution in [-0.2, 0) is 4.79 Å². The Morgan fingerprint density at radius 3 is 2.21 bits per heavy atom. The molecular weight excluding hydrogens is 362 g/mol. The first-order chi connectivity index (χ1) is 14.2. The monoisotopic (exact) mass is 387 g/mol. The molecule has 2 N–H and O–H groups in total. The van der Waals surface area contributed by atoms with Gasteiger partial charge in [0.2, 0.25) is 0 Å². The predicted octanol–water partition coefficient (Wildman–Crippen LogP) is 4.70. The summed E-state index contributed by atoms with van der Waals surface area (Å²) >= 11 is 0. The van der Waals surface area contributed by atoms with Gasteiger partial charge in [0.05, 0.1) is 18.9 Å². The van der Waals surface area contributed by atoms with Gasteiger partial charge in [-0.15, -0.1) is 0 Å². The van der Waals surface area contributed by atoms with E-state index in [0.717, 1.165) is 28.3 Å². The first-order valence-electron chi connectivity index (χ1n) is 9.61. The fourth-order valence-corrected chi connectivity index (χ4v) is 2.80. The average Bonchev–Trinajstić information content (AvgIpc) is 2.78. The van der Waals surface area contributed by atoms with Gasteiger partial charge in [-0.25, -0.2) is 5.43 Å². The minimum atomic E-state index is -0.209. The van der Waals surface area contributed by atoms with Gasteiger partial charge in [-0.3, -0.25) is 4.79 Å². The van der Waals surface area contributed by atoms with Crippen molar-refractivity contribution < 1.29 is 9.53 Å². The molecule has 0 aromatic heterocycles. The molecule has 5 heteroatoms. The molecule has 3 aromatic rings. The number of carbonyl (C=O) groups is 1. The van der Waals surface area contributed by atoms with Gasteiger partial charge in [-0.05, 0) is 54.8 Å². The van der Waals surface area contributed by atoms with Crippen LogP contribution in [0.2, 0.25) is 0 Å². The summed E-state index contributed by atoms with van der Waals surface area (Å²) in [6.07, 6.45) is 0. The lowest BCUT2D eigenvalue weighted by atomic mass is 10.0. The Bertz CT molecular complexity index is 950. The van der Waals surface area contributed by atoms with E-state index in [4.69, 9.17) is 4.74 Å². The van der Waals surface area contributed by atoms with Crippen molar-refractivity contribution in [1.29, 1.82) is 0 Å². The van der Waals surface area contributed by atoms with Crippen molar-refractivity contribution in [2.45, 2.75) is 13.8 Å². The third kappa shape index (κ3) is 5.94. The molecule has 0 heterocycles. The number of nitrogens with one attached hydrogen (secondary N) is 2. The van der Waals surface area contributed by atoms with E-state index in [1.807, 2.05) is 68.4 Å². The van der Waals surface area contributed by atoms with Crippen molar-refractivity contribution in [3.63, 3.8) is 0 Å². The molecule has 5 nitrogen and oxygen atoms in total. The lowest BCUT2D eigenvalue weighted by Crippen LogP contribution is -2.26. The predicted molar refractivity (Wildman–Crippen MR) is 118 cm³/mol. The molecule has 0 saturated carbocycles. The van der Waals surface area contributed by atoms with Crippen LogP contribution in [-0.4, -0.2) is 24.8 Å². The second kappa shape index (κ2) is 10.1. The van der Waals surface area contributed by atoms with Crippen LogP contribution in [0.25, 0.3) is 11.1 Å². The fourth-order valence-electron chi connectivity index (χ4n) is 2.80. The Labute approximate surface area is 171 Å². The number of anilines is 1. The number of hydrogen-bond acceptors (Lipinski definition) is 4. The Morgan fingerprint density at radius 1 is 0.897 bits per heavy atom. The molecule has 0 aliphatic heterocycles. The van der Waals surface area contributed by atoms with Crippen molar-refractivity contribution in [3.8, 4) is 16.9 Å². The first kappa shape index (κ1) is 20.1. The van der Waals surface area contributed by atoms with E-state index in [1.165, 1.54) is 5.56 Å². The van der Waals surface area contributed by atoms with E-state index >= 15 is 0 Å². The van der Waals surface area contributed by atoms with E-state index < -0.39 is 0 Å². The number of carbonyl (C=O) groups excluding carboxylic acids is 1. The highest BCUT2D eigenvalue weighted by Gasteiger charge is 2.03. The zero-order chi connectivity index (χ0) is 20.5. The Morgan fingerprint density at radius 2 is 1.55 bits per heavy atom. The van der Waals surface area contributed by atoms with E-state index in [1.54, 1.807) is 0 Å². The van der Waals surface area contributed by atoms with Gasteiger partial charge in [0.1, 0.15) is 5.75 Å². The molecule has 0 spiro atoms. The minimum absolute atomic E-state index is 0.137. The second-order valence-corrected chi connectivity index (χ2v) is 6.49. The number of benzene rings is 3. The summed E-state index contributed by atoms with van der Waals surface area (Å²) in [7, 11) is 0. The standard InChI is InChI=1S/C24H25N3O2/c1-3-29-23-15-13-22(14-16-23)25-17-24(28)27-26-18(2)19-9-11-21(12-10-19)20-7-5-4-6-8-20/h4-16,25H,3,17H2,1-2H3,(H,27,28)/b26-18+. The first-order valence-corrected chi connectivity index (χ1v) is 9.61. The number of hydrogen-bond donors (Lipinski definition) is 2. The minimum Gasteiger partial charge on any atom is -0.494 e. The van der Waals surface area contributed by atoms with Gasteiger partial charge in [0.15, 0.2) is 0 Å². The maximum atomic E-state index is 12.1. The van der Waals surface area contributed by atoms with Crippen molar-refractivity contribution in [3.05, 3.63) is 84.4 Å². The van der Waals surface area contributed by atoms with Crippen LogP contribution in [0, 0.1) is 0 Å². The number of amides is 1. The van der Waals surface area contributed by atoms with Crippen LogP contribution >= 0.6 is 0 Å². The zero-order valence-corrected chi connectivity index (χ0v) is 16.7. The lowest BCUT2D eigenvalue weighted by molar-refractivity contribution is -0.119. The molecule has 0 saturated heterocycles. The van der Waals surface area contributed by atoms with Crippen molar-refractivity contribution >= 4 is 17.3 Å². The molecule has 0 aliphatic rings. The van der Waals surface area contributed by atoms with E-state index in [0.29, 0.717) is 6.61 Å². The largest absolute Gasteiger partial charge is 0.494 e. The highest BCUT2D eigenvalue weighted by Crippen LogP contribution is 2.19.